The van der Waals surface area contributed by atoms with E-state index in [9.17, 15) is 19.8 Å². The Morgan fingerprint density at radius 2 is 1.93 bits per heavy atom. The molecule has 5 heteroatoms. The first-order chi connectivity index (χ1) is 13.0. The van der Waals surface area contributed by atoms with E-state index in [4.69, 9.17) is 11.6 Å². The lowest BCUT2D eigenvalue weighted by molar-refractivity contribution is -0.121. The molecule has 3 atom stereocenters. The van der Waals surface area contributed by atoms with Gasteiger partial charge < -0.3 is 10.2 Å². The molecule has 1 aliphatic carbocycles. The zero-order valence-electron chi connectivity index (χ0n) is 16.9. The van der Waals surface area contributed by atoms with Crippen LogP contribution in [-0.2, 0) is 11.2 Å². The molecule has 0 bridgehead atoms. The summed E-state index contributed by atoms with van der Waals surface area (Å²) in [5.74, 6) is -0.233. The summed E-state index contributed by atoms with van der Waals surface area (Å²) >= 11 is 6.09. The Kier molecular flexibility index (Phi) is 6.56. The third-order valence-corrected chi connectivity index (χ3v) is 6.57. The number of aromatic hydroxyl groups is 2. The molecule has 1 aromatic carbocycles. The van der Waals surface area contributed by atoms with Gasteiger partial charge in [0, 0.05) is 16.9 Å². The van der Waals surface area contributed by atoms with Crippen molar-refractivity contribution in [2.24, 2.45) is 17.3 Å². The van der Waals surface area contributed by atoms with E-state index >= 15 is 0 Å². The number of phenolic OH excluding ortho intramolecular Hbond substituents is 2. The minimum absolute atomic E-state index is 0.0687. The third-order valence-electron chi connectivity index (χ3n) is 6.11. The highest BCUT2D eigenvalue weighted by Gasteiger charge is 2.39. The van der Waals surface area contributed by atoms with Crippen LogP contribution in [0.25, 0.3) is 0 Å². The zero-order valence-corrected chi connectivity index (χ0v) is 17.7. The van der Waals surface area contributed by atoms with Crippen molar-refractivity contribution in [3.05, 3.63) is 57.7 Å². The number of halogens is 1. The lowest BCUT2D eigenvalue weighted by Gasteiger charge is -2.38. The first kappa shape index (κ1) is 22.0. The predicted octanol–water partition coefficient (Wildman–Crippen LogP) is 5.33. The van der Waals surface area contributed by atoms with Crippen molar-refractivity contribution in [3.8, 4) is 11.5 Å². The highest BCUT2D eigenvalue weighted by molar-refractivity contribution is 6.33. The van der Waals surface area contributed by atoms with Gasteiger partial charge in [0.05, 0.1) is 10.6 Å². The Morgan fingerprint density at radius 3 is 2.54 bits per heavy atom. The van der Waals surface area contributed by atoms with Gasteiger partial charge in [-0.05, 0) is 37.8 Å². The fourth-order valence-corrected chi connectivity index (χ4v) is 3.66. The Hall–Kier alpha value is -2.33. The van der Waals surface area contributed by atoms with Crippen LogP contribution in [0, 0.1) is 24.2 Å². The number of hydrogen-bond acceptors (Lipinski definition) is 4. The molecule has 0 fully saturated rings. The maximum atomic E-state index is 12.1. The zero-order chi connectivity index (χ0) is 21.2. The summed E-state index contributed by atoms with van der Waals surface area (Å²) < 4.78 is 0. The van der Waals surface area contributed by atoms with Crippen molar-refractivity contribution in [2.45, 2.75) is 41.0 Å². The molecule has 150 valence electrons. The maximum absolute atomic E-state index is 12.1. The molecule has 0 amide bonds. The van der Waals surface area contributed by atoms with Crippen molar-refractivity contribution in [1.82, 2.24) is 0 Å². The van der Waals surface area contributed by atoms with Crippen LogP contribution >= 0.6 is 11.6 Å². The monoisotopic (exact) mass is 402 g/mol. The topological polar surface area (TPSA) is 74.6 Å². The second-order valence-electron chi connectivity index (χ2n) is 7.77. The molecule has 0 aliphatic heterocycles. The third kappa shape index (κ3) is 3.93. The van der Waals surface area contributed by atoms with Crippen LogP contribution in [0.1, 0.15) is 49.2 Å². The van der Waals surface area contributed by atoms with Crippen LogP contribution in [-0.4, -0.2) is 22.3 Å². The van der Waals surface area contributed by atoms with E-state index in [-0.39, 0.29) is 57.1 Å². The minimum atomic E-state index is -0.289. The van der Waals surface area contributed by atoms with Gasteiger partial charge in [-0.25, -0.2) is 0 Å². The summed E-state index contributed by atoms with van der Waals surface area (Å²) in [7, 11) is 0. The molecule has 4 nitrogen and oxygen atoms in total. The van der Waals surface area contributed by atoms with E-state index in [2.05, 4.69) is 13.8 Å². The molecule has 0 saturated carbocycles. The van der Waals surface area contributed by atoms with Crippen molar-refractivity contribution in [3.63, 3.8) is 0 Å². The fourth-order valence-electron chi connectivity index (χ4n) is 3.45. The standard InChI is InChI=1S/C23H27ClO4/c1-13(10-11-23(5)14(2)7-9-19(26)16(23)4)6-8-17-21(27)18(12-25)15(3)20(24)22(17)28/h6-7,9-12,14,16,27-28H,8H2,1-5H3/b11-10+,13-6+/t14-,16+,23+/m0/s1. The number of carbonyl (C=O) groups excluding carboxylic acids is 2. The fraction of sp³-hybridized carbons (Fsp3) is 0.391. The molecule has 0 radical (unpaired) electrons. The predicted molar refractivity (Wildman–Crippen MR) is 112 cm³/mol. The van der Waals surface area contributed by atoms with Crippen molar-refractivity contribution >= 4 is 23.7 Å². The molecular weight excluding hydrogens is 376 g/mol. The summed E-state index contributed by atoms with van der Waals surface area (Å²) in [6.07, 6.45) is 10.2. The molecule has 0 heterocycles. The van der Waals surface area contributed by atoms with Gasteiger partial charge in [0.2, 0.25) is 0 Å². The lowest BCUT2D eigenvalue weighted by Crippen LogP contribution is -2.37. The number of benzene rings is 1. The number of rotatable bonds is 5. The van der Waals surface area contributed by atoms with Gasteiger partial charge in [0.25, 0.3) is 0 Å². The SMILES string of the molecule is CC(/C=C/[C@@]1(C)[C@H](C)C(=O)C=C[C@@H]1C)=C\Cc1c(O)c(Cl)c(C)c(C=O)c1O. The van der Waals surface area contributed by atoms with E-state index in [0.717, 1.165) is 5.57 Å². The average Bonchev–Trinajstić information content (AvgIpc) is 2.66. The van der Waals surface area contributed by atoms with E-state index in [1.54, 1.807) is 13.0 Å². The van der Waals surface area contributed by atoms with Gasteiger partial charge in [-0.15, -0.1) is 0 Å². The molecule has 28 heavy (non-hydrogen) atoms. The molecule has 0 aromatic heterocycles. The average molecular weight is 403 g/mol. The number of ketones is 1. The van der Waals surface area contributed by atoms with Crippen LogP contribution in [0.15, 0.2) is 36.0 Å². The summed E-state index contributed by atoms with van der Waals surface area (Å²) in [5.41, 5.74) is 1.27. The van der Waals surface area contributed by atoms with Gasteiger partial charge >= 0.3 is 0 Å². The number of hydrogen-bond donors (Lipinski definition) is 2. The molecule has 0 saturated heterocycles. The maximum Gasteiger partial charge on any atom is 0.159 e. The molecular formula is C23H27ClO4. The van der Waals surface area contributed by atoms with Gasteiger partial charge in [-0.3, -0.25) is 9.59 Å². The van der Waals surface area contributed by atoms with E-state index < -0.39 is 0 Å². The first-order valence-electron chi connectivity index (χ1n) is 9.30. The molecule has 2 rings (SSSR count). The Morgan fingerprint density at radius 1 is 1.29 bits per heavy atom. The van der Waals surface area contributed by atoms with Crippen LogP contribution in [0.5, 0.6) is 11.5 Å². The van der Waals surface area contributed by atoms with Crippen LogP contribution in [0.3, 0.4) is 0 Å². The van der Waals surface area contributed by atoms with Gasteiger partial charge in [-0.1, -0.05) is 62.2 Å². The molecule has 1 aromatic rings. The lowest BCUT2D eigenvalue weighted by atomic mass is 9.64. The Bertz CT molecular complexity index is 895. The first-order valence-corrected chi connectivity index (χ1v) is 9.68. The summed E-state index contributed by atoms with van der Waals surface area (Å²) in [6.45, 7) is 9.58. The Labute approximate surface area is 171 Å². The highest BCUT2D eigenvalue weighted by Crippen LogP contribution is 2.42. The normalized spacial score (nSPS) is 25.5. The van der Waals surface area contributed by atoms with Gasteiger partial charge in [0.1, 0.15) is 11.5 Å². The van der Waals surface area contributed by atoms with Crippen LogP contribution in [0.2, 0.25) is 5.02 Å². The number of phenols is 2. The minimum Gasteiger partial charge on any atom is -0.507 e. The van der Waals surface area contributed by atoms with Crippen molar-refractivity contribution in [1.29, 1.82) is 0 Å². The van der Waals surface area contributed by atoms with Crippen LogP contribution in [0.4, 0.5) is 0 Å². The number of carbonyl (C=O) groups is 2. The molecule has 1 aliphatic rings. The smallest absolute Gasteiger partial charge is 0.159 e. The van der Waals surface area contributed by atoms with Gasteiger partial charge in [-0.2, -0.15) is 0 Å². The second-order valence-corrected chi connectivity index (χ2v) is 8.15. The quantitative estimate of drug-likeness (QED) is 0.515. The largest absolute Gasteiger partial charge is 0.507 e. The van der Waals surface area contributed by atoms with Gasteiger partial charge in [0.15, 0.2) is 12.1 Å². The molecule has 0 spiro atoms. The van der Waals surface area contributed by atoms with Crippen molar-refractivity contribution in [2.75, 3.05) is 0 Å². The highest BCUT2D eigenvalue weighted by atomic mass is 35.5. The summed E-state index contributed by atoms with van der Waals surface area (Å²) in [4.78, 5) is 23.3. The summed E-state index contributed by atoms with van der Waals surface area (Å²) in [5, 5.41) is 20.7. The number of allylic oxidation sites excluding steroid dienone is 6. The van der Waals surface area contributed by atoms with Crippen molar-refractivity contribution < 1.29 is 19.8 Å². The molecule has 0 unspecified atom stereocenters. The van der Waals surface area contributed by atoms with E-state index in [1.807, 2.05) is 38.2 Å². The van der Waals surface area contributed by atoms with Crippen LogP contribution < -0.4 is 0 Å². The number of aldehydes is 1. The van der Waals surface area contributed by atoms with E-state index in [1.165, 1.54) is 0 Å². The van der Waals surface area contributed by atoms with E-state index in [0.29, 0.717) is 11.8 Å². The second kappa shape index (κ2) is 8.36. The Balaban J connectivity index is 2.30. The summed E-state index contributed by atoms with van der Waals surface area (Å²) in [6, 6.07) is 0. The molecule has 2 N–H and O–H groups in total.